The molecule has 1 unspecified atom stereocenters. The predicted molar refractivity (Wildman–Crippen MR) is 150 cm³/mol. The van der Waals surface area contributed by atoms with Gasteiger partial charge in [0.15, 0.2) is 0 Å². The lowest BCUT2D eigenvalue weighted by Gasteiger charge is -2.27. The second-order valence-electron chi connectivity index (χ2n) is 11.3. The van der Waals surface area contributed by atoms with E-state index in [0.717, 1.165) is 19.3 Å². The summed E-state index contributed by atoms with van der Waals surface area (Å²) in [7, 11) is 1.86. The van der Waals surface area contributed by atoms with Gasteiger partial charge in [0.25, 0.3) is 7.82 Å². The number of hydrogen-bond acceptors (Lipinski definition) is 4. The molecule has 35 heavy (non-hydrogen) atoms. The minimum absolute atomic E-state index is 0.168. The number of rotatable bonds is 28. The van der Waals surface area contributed by atoms with Crippen molar-refractivity contribution in [2.75, 3.05) is 40.9 Å². The Morgan fingerprint density at radius 2 is 0.914 bits per heavy atom. The molecule has 210 valence electrons. The summed E-state index contributed by atoms with van der Waals surface area (Å²) < 4.78 is 22.2. The number of hydrogen-bond donors (Lipinski definition) is 0. The first-order valence-corrected chi connectivity index (χ1v) is 16.2. The van der Waals surface area contributed by atoms with Gasteiger partial charge in [-0.3, -0.25) is 4.57 Å². The Hall–Kier alpha value is -0.190. The molecule has 0 aromatic rings. The highest BCUT2D eigenvalue weighted by atomic mass is 31.2. The van der Waals surface area contributed by atoms with Crippen LogP contribution in [0.25, 0.3) is 0 Å². The van der Waals surface area contributed by atoms with Crippen LogP contribution in [0.15, 0.2) is 12.7 Å². The van der Waals surface area contributed by atoms with E-state index in [-0.39, 0.29) is 13.2 Å². The lowest BCUT2D eigenvalue weighted by molar-refractivity contribution is -0.870. The molecule has 0 radical (unpaired) electrons. The minimum Gasteiger partial charge on any atom is -0.756 e. The minimum atomic E-state index is -4.14. The summed E-state index contributed by atoms with van der Waals surface area (Å²) in [5, 5.41) is 0. The second-order valence-corrected chi connectivity index (χ2v) is 12.7. The Morgan fingerprint density at radius 3 is 1.26 bits per heavy atom. The second kappa shape index (κ2) is 24.2. The number of phosphoric ester groups is 1. The van der Waals surface area contributed by atoms with Gasteiger partial charge in [0.2, 0.25) is 0 Å². The van der Waals surface area contributed by atoms with E-state index >= 15 is 0 Å². The first-order valence-electron chi connectivity index (χ1n) is 14.8. The summed E-state index contributed by atoms with van der Waals surface area (Å²) in [5.74, 6) is 0. The van der Waals surface area contributed by atoms with Crippen molar-refractivity contribution in [3.05, 3.63) is 12.7 Å². The van der Waals surface area contributed by atoms with E-state index < -0.39 is 7.82 Å². The van der Waals surface area contributed by atoms with E-state index in [1.165, 1.54) is 116 Å². The fourth-order valence-corrected chi connectivity index (χ4v) is 4.95. The van der Waals surface area contributed by atoms with Crippen LogP contribution in [0.5, 0.6) is 0 Å². The van der Waals surface area contributed by atoms with Gasteiger partial charge in [-0.2, -0.15) is 0 Å². The van der Waals surface area contributed by atoms with Gasteiger partial charge in [0, 0.05) is 0 Å². The number of quaternary nitrogens is 1. The average Bonchev–Trinajstić information content (AvgIpc) is 2.78. The third-order valence-electron chi connectivity index (χ3n) is 6.56. The summed E-state index contributed by atoms with van der Waals surface area (Å²) in [4.78, 5) is 11.7. The predicted octanol–water partition coefficient (Wildman–Crippen LogP) is 8.57. The summed E-state index contributed by atoms with van der Waals surface area (Å²) in [6.07, 6.45) is 29.7. The van der Waals surface area contributed by atoms with Crippen molar-refractivity contribution >= 4 is 7.82 Å². The maximum Gasteiger partial charge on any atom is 0.268 e. The topological polar surface area (TPSA) is 58.6 Å². The molecule has 0 rings (SSSR count). The number of allylic oxidation sites excluding steroid dienone is 1. The van der Waals surface area contributed by atoms with Gasteiger partial charge < -0.3 is 18.4 Å². The number of unbranched alkanes of at least 4 members (excludes halogenated alkanes) is 20. The van der Waals surface area contributed by atoms with Crippen LogP contribution in [0.2, 0.25) is 0 Å². The molecule has 0 aromatic carbocycles. The summed E-state index contributed by atoms with van der Waals surface area (Å²) in [5.41, 5.74) is 0. The van der Waals surface area contributed by atoms with Crippen LogP contribution in [-0.4, -0.2) is 45.4 Å². The summed E-state index contributed by atoms with van der Waals surface area (Å²) in [6, 6.07) is 0. The Bertz CT molecular complexity index is 507. The van der Waals surface area contributed by atoms with Crippen LogP contribution in [0, 0.1) is 0 Å². The van der Waals surface area contributed by atoms with Crippen LogP contribution < -0.4 is 4.89 Å². The Balaban J connectivity index is 3.22. The van der Waals surface area contributed by atoms with Crippen LogP contribution in [-0.2, 0) is 13.6 Å². The lowest BCUT2D eigenvalue weighted by Crippen LogP contribution is -2.37. The first kappa shape index (κ1) is 34.8. The zero-order chi connectivity index (χ0) is 26.1. The van der Waals surface area contributed by atoms with Gasteiger partial charge in [-0.15, -0.1) is 6.58 Å². The van der Waals surface area contributed by atoms with Gasteiger partial charge in [-0.25, -0.2) is 0 Å². The molecule has 0 aromatic heterocycles. The van der Waals surface area contributed by atoms with Crippen LogP contribution >= 0.6 is 7.82 Å². The monoisotopic (exact) mass is 517 g/mol. The van der Waals surface area contributed by atoms with E-state index in [4.69, 9.17) is 9.05 Å². The molecule has 0 bridgehead atoms. The fraction of sp³-hybridized carbons (Fsp3) is 0.931. The van der Waals surface area contributed by atoms with Gasteiger partial charge in [-0.05, 0) is 19.3 Å². The van der Waals surface area contributed by atoms with Crippen molar-refractivity contribution in [3.63, 3.8) is 0 Å². The zero-order valence-corrected chi connectivity index (χ0v) is 24.7. The third kappa shape index (κ3) is 29.9. The van der Waals surface area contributed by atoms with E-state index in [1.807, 2.05) is 27.2 Å². The highest BCUT2D eigenvalue weighted by molar-refractivity contribution is 7.45. The Kier molecular flexibility index (Phi) is 24.0. The summed E-state index contributed by atoms with van der Waals surface area (Å²) >= 11 is 0. The lowest BCUT2D eigenvalue weighted by atomic mass is 10.0. The number of likely N-dealkylation sites (N-methyl/N-ethyl adjacent to an activating group) is 1. The van der Waals surface area contributed by atoms with Crippen molar-refractivity contribution in [1.82, 2.24) is 0 Å². The maximum atomic E-state index is 11.7. The SMILES string of the molecule is C=CCCCCCCCCCCCCCCCCCCCCCCOP(=O)([O-])OCC[N+](C)(C)C. The highest BCUT2D eigenvalue weighted by Crippen LogP contribution is 2.38. The van der Waals surface area contributed by atoms with E-state index in [2.05, 4.69) is 6.58 Å². The molecule has 0 spiro atoms. The Morgan fingerprint density at radius 1 is 0.600 bits per heavy atom. The number of phosphoric acid groups is 1. The third-order valence-corrected chi connectivity index (χ3v) is 7.56. The molecule has 6 heteroatoms. The fourth-order valence-electron chi connectivity index (χ4n) is 4.21. The van der Waals surface area contributed by atoms with Crippen molar-refractivity contribution in [2.24, 2.45) is 0 Å². The molecule has 0 amide bonds. The van der Waals surface area contributed by atoms with E-state index in [1.54, 1.807) is 0 Å². The highest BCUT2D eigenvalue weighted by Gasteiger charge is 2.12. The molecule has 0 aliphatic carbocycles. The van der Waals surface area contributed by atoms with Crippen LogP contribution in [0.4, 0.5) is 0 Å². The molecule has 1 atom stereocenters. The molecule has 0 aliphatic heterocycles. The van der Waals surface area contributed by atoms with Crippen molar-refractivity contribution in [1.29, 1.82) is 0 Å². The van der Waals surface area contributed by atoms with Crippen molar-refractivity contribution < 1.29 is 23.0 Å². The molecule has 0 aliphatic rings. The average molecular weight is 518 g/mol. The summed E-state index contributed by atoms with van der Waals surface area (Å²) in [6.45, 7) is 4.82. The molecular weight excluding hydrogens is 457 g/mol. The first-order chi connectivity index (χ1) is 16.8. The smallest absolute Gasteiger partial charge is 0.268 e. The maximum absolute atomic E-state index is 11.7. The van der Waals surface area contributed by atoms with Crippen molar-refractivity contribution in [2.45, 2.75) is 135 Å². The van der Waals surface area contributed by atoms with E-state index in [9.17, 15) is 9.46 Å². The van der Waals surface area contributed by atoms with Gasteiger partial charge in [-0.1, -0.05) is 122 Å². The quantitative estimate of drug-likeness (QED) is 0.0451. The molecule has 0 fully saturated rings. The Labute approximate surface area is 219 Å². The standard InChI is InChI=1S/C29H60NO4P/c1-5-6-7-8-9-10-11-12-13-14-15-16-17-18-19-20-21-22-23-24-25-26-28-33-35(31,32)34-29-27-30(2,3)4/h5H,1,6-29H2,2-4H3. The number of nitrogens with zero attached hydrogens (tertiary/aromatic N) is 1. The van der Waals surface area contributed by atoms with E-state index in [0.29, 0.717) is 11.0 Å². The molecule has 0 saturated heterocycles. The van der Waals surface area contributed by atoms with Gasteiger partial charge in [0.05, 0.1) is 27.7 Å². The zero-order valence-electron chi connectivity index (χ0n) is 23.8. The molecule has 0 saturated carbocycles. The molecule has 0 N–H and O–H groups in total. The van der Waals surface area contributed by atoms with Crippen LogP contribution in [0.3, 0.4) is 0 Å². The van der Waals surface area contributed by atoms with Crippen molar-refractivity contribution in [3.8, 4) is 0 Å². The molecular formula is C29H60NO4P. The van der Waals surface area contributed by atoms with Gasteiger partial charge in [0.1, 0.15) is 13.2 Å². The van der Waals surface area contributed by atoms with Gasteiger partial charge >= 0.3 is 0 Å². The molecule has 0 heterocycles. The molecule has 5 nitrogen and oxygen atoms in total. The normalized spacial score (nSPS) is 13.7. The van der Waals surface area contributed by atoms with Crippen LogP contribution in [0.1, 0.15) is 135 Å². The largest absolute Gasteiger partial charge is 0.756 e.